The van der Waals surface area contributed by atoms with E-state index in [1.165, 1.54) is 11.1 Å². The van der Waals surface area contributed by atoms with Crippen molar-refractivity contribution >= 4 is 11.7 Å². The van der Waals surface area contributed by atoms with Crippen molar-refractivity contribution in [2.45, 2.75) is 18.9 Å². The molecule has 2 N–H and O–H groups in total. The molecule has 1 aromatic rings. The van der Waals surface area contributed by atoms with Gasteiger partial charge in [-0.2, -0.15) is 0 Å². The zero-order valence-electron chi connectivity index (χ0n) is 9.43. The van der Waals surface area contributed by atoms with Gasteiger partial charge in [0.25, 0.3) is 5.91 Å². The predicted molar refractivity (Wildman–Crippen MR) is 60.3 cm³/mol. The SMILES string of the molecule is CN(C)C(=O)c1cc(N)ncc1OC1CC1. The molecule has 0 unspecified atom stereocenters. The van der Waals surface area contributed by atoms with Crippen molar-refractivity contribution < 1.29 is 9.53 Å². The molecule has 86 valence electrons. The lowest BCUT2D eigenvalue weighted by Gasteiger charge is -2.14. The molecule has 1 aliphatic carbocycles. The van der Waals surface area contributed by atoms with Crippen LogP contribution in [0.15, 0.2) is 12.3 Å². The molecular weight excluding hydrogens is 206 g/mol. The molecule has 0 atom stereocenters. The fraction of sp³-hybridized carbons (Fsp3) is 0.455. The quantitative estimate of drug-likeness (QED) is 0.823. The van der Waals surface area contributed by atoms with E-state index in [1.807, 2.05) is 0 Å². The van der Waals surface area contributed by atoms with Gasteiger partial charge in [-0.3, -0.25) is 4.79 Å². The van der Waals surface area contributed by atoms with Gasteiger partial charge in [0.1, 0.15) is 5.82 Å². The first-order chi connectivity index (χ1) is 7.58. The summed E-state index contributed by atoms with van der Waals surface area (Å²) in [5.41, 5.74) is 6.05. The summed E-state index contributed by atoms with van der Waals surface area (Å²) >= 11 is 0. The average molecular weight is 221 g/mol. The number of amides is 1. The number of hydrogen-bond acceptors (Lipinski definition) is 4. The maximum atomic E-state index is 11.9. The van der Waals surface area contributed by atoms with Crippen molar-refractivity contribution in [2.24, 2.45) is 0 Å². The molecule has 1 amide bonds. The molecule has 0 spiro atoms. The van der Waals surface area contributed by atoms with Crippen LogP contribution in [0, 0.1) is 0 Å². The fourth-order valence-electron chi connectivity index (χ4n) is 1.33. The lowest BCUT2D eigenvalue weighted by atomic mass is 10.2. The van der Waals surface area contributed by atoms with Gasteiger partial charge in [0, 0.05) is 14.1 Å². The Balaban J connectivity index is 2.30. The normalized spacial score (nSPS) is 14.6. The number of carbonyl (C=O) groups is 1. The molecular formula is C11H15N3O2. The standard InChI is InChI=1S/C11H15N3O2/c1-14(2)11(15)8-5-10(12)13-6-9(8)16-7-3-4-7/h5-7H,3-4H2,1-2H3,(H2,12,13). The Morgan fingerprint density at radius 2 is 2.25 bits per heavy atom. The monoisotopic (exact) mass is 221 g/mol. The molecule has 5 nitrogen and oxygen atoms in total. The molecule has 0 radical (unpaired) electrons. The fourth-order valence-corrected chi connectivity index (χ4v) is 1.33. The molecule has 0 bridgehead atoms. The van der Waals surface area contributed by atoms with Crippen molar-refractivity contribution in [3.8, 4) is 5.75 Å². The van der Waals surface area contributed by atoms with E-state index in [2.05, 4.69) is 4.98 Å². The molecule has 16 heavy (non-hydrogen) atoms. The van der Waals surface area contributed by atoms with Crippen LogP contribution in [0.4, 0.5) is 5.82 Å². The Bertz CT molecular complexity index is 414. The summed E-state index contributed by atoms with van der Waals surface area (Å²) < 4.78 is 5.62. The highest BCUT2D eigenvalue weighted by Gasteiger charge is 2.26. The summed E-state index contributed by atoms with van der Waals surface area (Å²) in [4.78, 5) is 17.3. The van der Waals surface area contributed by atoms with Crippen LogP contribution < -0.4 is 10.5 Å². The van der Waals surface area contributed by atoms with Crippen LogP contribution in [-0.4, -0.2) is 36.0 Å². The number of nitrogen functional groups attached to an aromatic ring is 1. The van der Waals surface area contributed by atoms with Gasteiger partial charge in [-0.1, -0.05) is 0 Å². The van der Waals surface area contributed by atoms with E-state index in [9.17, 15) is 4.79 Å². The molecule has 1 heterocycles. The zero-order chi connectivity index (χ0) is 11.7. The largest absolute Gasteiger partial charge is 0.488 e. The van der Waals surface area contributed by atoms with Gasteiger partial charge >= 0.3 is 0 Å². The second-order valence-electron chi connectivity index (χ2n) is 4.12. The van der Waals surface area contributed by atoms with Crippen LogP contribution in [0.3, 0.4) is 0 Å². The van der Waals surface area contributed by atoms with E-state index in [-0.39, 0.29) is 12.0 Å². The summed E-state index contributed by atoms with van der Waals surface area (Å²) in [5.74, 6) is 0.730. The first kappa shape index (κ1) is 10.7. The summed E-state index contributed by atoms with van der Waals surface area (Å²) in [6.07, 6.45) is 3.84. The molecule has 1 aliphatic rings. The van der Waals surface area contributed by atoms with E-state index in [0.29, 0.717) is 17.1 Å². The maximum absolute atomic E-state index is 11.9. The second kappa shape index (κ2) is 4.00. The third-order valence-corrected chi connectivity index (χ3v) is 2.34. The maximum Gasteiger partial charge on any atom is 0.257 e. The minimum Gasteiger partial charge on any atom is -0.488 e. The summed E-state index contributed by atoms with van der Waals surface area (Å²) in [7, 11) is 3.39. The Kier molecular flexibility index (Phi) is 2.68. The van der Waals surface area contributed by atoms with Gasteiger partial charge in [0.2, 0.25) is 0 Å². The van der Waals surface area contributed by atoms with E-state index < -0.39 is 0 Å². The van der Waals surface area contributed by atoms with Crippen molar-refractivity contribution in [3.05, 3.63) is 17.8 Å². The summed E-state index contributed by atoms with van der Waals surface area (Å²) in [5, 5.41) is 0. The van der Waals surface area contributed by atoms with E-state index in [0.717, 1.165) is 12.8 Å². The Labute approximate surface area is 94.2 Å². The van der Waals surface area contributed by atoms with Crippen molar-refractivity contribution in [1.29, 1.82) is 0 Å². The number of pyridine rings is 1. The van der Waals surface area contributed by atoms with Gasteiger partial charge < -0.3 is 15.4 Å². The second-order valence-corrected chi connectivity index (χ2v) is 4.12. The number of anilines is 1. The van der Waals surface area contributed by atoms with Crippen molar-refractivity contribution in [2.75, 3.05) is 19.8 Å². The third kappa shape index (κ3) is 2.24. The third-order valence-electron chi connectivity index (χ3n) is 2.34. The molecule has 0 aromatic carbocycles. The zero-order valence-corrected chi connectivity index (χ0v) is 9.43. The number of rotatable bonds is 3. The van der Waals surface area contributed by atoms with E-state index in [1.54, 1.807) is 20.2 Å². The van der Waals surface area contributed by atoms with Gasteiger partial charge in [0.05, 0.1) is 17.9 Å². The highest BCUT2D eigenvalue weighted by atomic mass is 16.5. The minimum atomic E-state index is -0.121. The molecule has 0 saturated heterocycles. The smallest absolute Gasteiger partial charge is 0.257 e. The predicted octanol–water partition coefficient (Wildman–Crippen LogP) is 0.907. The molecule has 2 rings (SSSR count). The Morgan fingerprint density at radius 3 is 2.81 bits per heavy atom. The van der Waals surface area contributed by atoms with Gasteiger partial charge in [-0.15, -0.1) is 0 Å². The van der Waals surface area contributed by atoms with Crippen LogP contribution in [0.25, 0.3) is 0 Å². The molecule has 5 heteroatoms. The number of nitrogens with two attached hydrogens (primary N) is 1. The highest BCUT2D eigenvalue weighted by molar-refractivity contribution is 5.97. The summed E-state index contributed by atoms with van der Waals surface area (Å²) in [6.45, 7) is 0. The van der Waals surface area contributed by atoms with Gasteiger partial charge in [0.15, 0.2) is 5.75 Å². The molecule has 1 fully saturated rings. The van der Waals surface area contributed by atoms with Crippen LogP contribution >= 0.6 is 0 Å². The van der Waals surface area contributed by atoms with E-state index >= 15 is 0 Å². The van der Waals surface area contributed by atoms with E-state index in [4.69, 9.17) is 10.5 Å². The van der Waals surface area contributed by atoms with Gasteiger partial charge in [-0.05, 0) is 18.9 Å². The van der Waals surface area contributed by atoms with Crippen molar-refractivity contribution in [3.63, 3.8) is 0 Å². The first-order valence-corrected chi connectivity index (χ1v) is 5.21. The van der Waals surface area contributed by atoms with Crippen LogP contribution in [0.2, 0.25) is 0 Å². The highest BCUT2D eigenvalue weighted by Crippen LogP contribution is 2.29. The Morgan fingerprint density at radius 1 is 1.56 bits per heavy atom. The molecule has 1 aromatic heterocycles. The number of ether oxygens (including phenoxy) is 1. The molecule has 0 aliphatic heterocycles. The molecule has 1 saturated carbocycles. The number of hydrogen-bond donors (Lipinski definition) is 1. The topological polar surface area (TPSA) is 68.5 Å². The van der Waals surface area contributed by atoms with Crippen LogP contribution in [0.5, 0.6) is 5.75 Å². The van der Waals surface area contributed by atoms with Crippen molar-refractivity contribution in [1.82, 2.24) is 9.88 Å². The first-order valence-electron chi connectivity index (χ1n) is 5.21. The van der Waals surface area contributed by atoms with Gasteiger partial charge in [-0.25, -0.2) is 4.98 Å². The summed E-state index contributed by atoms with van der Waals surface area (Å²) in [6, 6.07) is 1.56. The number of nitrogens with zero attached hydrogens (tertiary/aromatic N) is 2. The average Bonchev–Trinajstić information content (AvgIpc) is 3.03. The number of aromatic nitrogens is 1. The minimum absolute atomic E-state index is 0.121. The van der Waals surface area contributed by atoms with Crippen LogP contribution in [-0.2, 0) is 0 Å². The number of carbonyl (C=O) groups excluding carboxylic acids is 1. The lowest BCUT2D eigenvalue weighted by molar-refractivity contribution is 0.0822. The lowest BCUT2D eigenvalue weighted by Crippen LogP contribution is -2.23. The Hall–Kier alpha value is -1.78. The van der Waals surface area contributed by atoms with Crippen LogP contribution in [0.1, 0.15) is 23.2 Å².